The molecule has 18 heavy (non-hydrogen) atoms. The van der Waals surface area contributed by atoms with Crippen LogP contribution in [0.5, 0.6) is 0 Å². The van der Waals surface area contributed by atoms with E-state index in [1.54, 1.807) is 18.2 Å². The second-order valence-corrected chi connectivity index (χ2v) is 4.94. The van der Waals surface area contributed by atoms with Crippen molar-refractivity contribution in [2.45, 2.75) is 12.8 Å². The fourth-order valence-electron chi connectivity index (χ4n) is 1.41. The molecule has 5 nitrogen and oxygen atoms in total. The predicted molar refractivity (Wildman–Crippen MR) is 72.6 cm³/mol. The second kappa shape index (κ2) is 5.49. The molecule has 1 heterocycles. The predicted octanol–water partition coefficient (Wildman–Crippen LogP) is 2.31. The van der Waals surface area contributed by atoms with E-state index in [2.05, 4.69) is 31.8 Å². The largest absolute Gasteiger partial charge is 0.321 e. The first-order chi connectivity index (χ1) is 8.56. The smallest absolute Gasteiger partial charge is 0.271 e. The summed E-state index contributed by atoms with van der Waals surface area (Å²) in [5, 5.41) is 6.96. The lowest BCUT2D eigenvalue weighted by atomic mass is 10.1. The van der Waals surface area contributed by atoms with E-state index >= 15 is 0 Å². The number of rotatable bonds is 2. The van der Waals surface area contributed by atoms with Gasteiger partial charge in [-0.25, -0.2) is 5.43 Å². The lowest BCUT2D eigenvalue weighted by molar-refractivity contribution is -0.121. The zero-order valence-electron chi connectivity index (χ0n) is 9.17. The molecular weight excluding hydrogens is 321 g/mol. The Bertz CT molecular complexity index is 545. The third-order valence-electron chi connectivity index (χ3n) is 2.34. The molecule has 0 unspecified atom stereocenters. The SMILES string of the molecule is O=C1CCC(C(=O)Nc2ccc(Cl)c(Br)c2)=NN1. The van der Waals surface area contributed by atoms with Gasteiger partial charge in [0.05, 0.1) is 5.02 Å². The highest BCUT2D eigenvalue weighted by Crippen LogP contribution is 2.25. The van der Waals surface area contributed by atoms with Crippen LogP contribution in [0.3, 0.4) is 0 Å². The Balaban J connectivity index is 2.07. The second-order valence-electron chi connectivity index (χ2n) is 3.68. The number of benzene rings is 1. The Morgan fingerprint density at radius 2 is 2.22 bits per heavy atom. The van der Waals surface area contributed by atoms with Crippen molar-refractivity contribution in [3.63, 3.8) is 0 Å². The quantitative estimate of drug-likeness (QED) is 0.873. The molecule has 0 aromatic heterocycles. The van der Waals surface area contributed by atoms with Crippen molar-refractivity contribution >= 4 is 50.7 Å². The van der Waals surface area contributed by atoms with Crippen LogP contribution in [0.4, 0.5) is 5.69 Å². The molecule has 1 aromatic rings. The molecule has 2 N–H and O–H groups in total. The van der Waals surface area contributed by atoms with Gasteiger partial charge in [0.25, 0.3) is 5.91 Å². The summed E-state index contributed by atoms with van der Waals surface area (Å²) in [4.78, 5) is 22.7. The molecule has 7 heteroatoms. The maximum Gasteiger partial charge on any atom is 0.271 e. The Morgan fingerprint density at radius 3 is 2.83 bits per heavy atom. The molecule has 0 bridgehead atoms. The van der Waals surface area contributed by atoms with Crippen LogP contribution in [0.2, 0.25) is 5.02 Å². The molecule has 0 radical (unpaired) electrons. The topological polar surface area (TPSA) is 70.6 Å². The molecule has 94 valence electrons. The van der Waals surface area contributed by atoms with Gasteiger partial charge < -0.3 is 5.32 Å². The van der Waals surface area contributed by atoms with Gasteiger partial charge in [0.15, 0.2) is 0 Å². The van der Waals surface area contributed by atoms with Crippen molar-refractivity contribution in [2.75, 3.05) is 5.32 Å². The highest BCUT2D eigenvalue weighted by molar-refractivity contribution is 9.10. The average Bonchev–Trinajstić information content (AvgIpc) is 2.34. The van der Waals surface area contributed by atoms with E-state index in [0.29, 0.717) is 27.3 Å². The number of nitrogens with zero attached hydrogens (tertiary/aromatic N) is 1. The van der Waals surface area contributed by atoms with E-state index in [9.17, 15) is 9.59 Å². The maximum absolute atomic E-state index is 11.8. The molecule has 0 aliphatic carbocycles. The Kier molecular flexibility index (Phi) is 3.98. The van der Waals surface area contributed by atoms with Gasteiger partial charge in [-0.3, -0.25) is 9.59 Å². The zero-order valence-corrected chi connectivity index (χ0v) is 11.5. The Labute approximate surface area is 117 Å². The normalized spacial score (nSPS) is 14.8. The minimum atomic E-state index is -0.329. The van der Waals surface area contributed by atoms with Gasteiger partial charge in [-0.05, 0) is 34.1 Å². The molecule has 2 rings (SSSR count). The number of hydrogen-bond acceptors (Lipinski definition) is 3. The summed E-state index contributed by atoms with van der Waals surface area (Å²) < 4.78 is 0.695. The summed E-state index contributed by atoms with van der Waals surface area (Å²) in [6.45, 7) is 0. The van der Waals surface area contributed by atoms with Gasteiger partial charge in [-0.2, -0.15) is 5.10 Å². The molecule has 1 aromatic carbocycles. The first-order valence-electron chi connectivity index (χ1n) is 5.18. The van der Waals surface area contributed by atoms with Gasteiger partial charge >= 0.3 is 0 Å². The van der Waals surface area contributed by atoms with Crippen LogP contribution in [0.15, 0.2) is 27.8 Å². The average molecular weight is 331 g/mol. The van der Waals surface area contributed by atoms with Crippen molar-refractivity contribution in [1.82, 2.24) is 5.43 Å². The number of carbonyl (C=O) groups excluding carboxylic acids is 2. The van der Waals surface area contributed by atoms with Gasteiger partial charge in [-0.1, -0.05) is 11.6 Å². The van der Waals surface area contributed by atoms with E-state index in [0.717, 1.165) is 0 Å². The summed E-state index contributed by atoms with van der Waals surface area (Å²) in [7, 11) is 0. The molecule has 0 saturated heterocycles. The number of hydrazone groups is 1. The summed E-state index contributed by atoms with van der Waals surface area (Å²) in [5.41, 5.74) is 3.19. The van der Waals surface area contributed by atoms with Crippen molar-refractivity contribution in [1.29, 1.82) is 0 Å². The number of carbonyl (C=O) groups is 2. The molecule has 0 saturated carbocycles. The highest BCUT2D eigenvalue weighted by Gasteiger charge is 2.18. The fourth-order valence-corrected chi connectivity index (χ4v) is 1.91. The van der Waals surface area contributed by atoms with Crippen LogP contribution in [0.25, 0.3) is 0 Å². The Hall–Kier alpha value is -1.40. The van der Waals surface area contributed by atoms with Crippen LogP contribution in [0.1, 0.15) is 12.8 Å². The highest BCUT2D eigenvalue weighted by atomic mass is 79.9. The van der Waals surface area contributed by atoms with Crippen LogP contribution in [-0.4, -0.2) is 17.5 Å². The van der Waals surface area contributed by atoms with Crippen LogP contribution >= 0.6 is 27.5 Å². The lowest BCUT2D eigenvalue weighted by Crippen LogP contribution is -2.32. The third kappa shape index (κ3) is 3.08. The van der Waals surface area contributed by atoms with Crippen molar-refractivity contribution < 1.29 is 9.59 Å². The monoisotopic (exact) mass is 329 g/mol. The van der Waals surface area contributed by atoms with E-state index < -0.39 is 0 Å². The summed E-state index contributed by atoms with van der Waals surface area (Å²) in [5.74, 6) is -0.509. The lowest BCUT2D eigenvalue weighted by Gasteiger charge is -2.12. The number of nitrogens with one attached hydrogen (secondary N) is 2. The molecule has 0 fully saturated rings. The summed E-state index contributed by atoms with van der Waals surface area (Å²) >= 11 is 9.12. The standard InChI is InChI=1S/C11H9BrClN3O2/c12-7-5-6(1-2-8(7)13)14-11(18)9-3-4-10(17)16-15-9/h1-2,5H,3-4H2,(H,14,18)(H,16,17). The van der Waals surface area contributed by atoms with Gasteiger partial charge in [-0.15, -0.1) is 0 Å². The third-order valence-corrected chi connectivity index (χ3v) is 3.56. The number of hydrogen-bond donors (Lipinski definition) is 2. The molecule has 0 spiro atoms. The minimum Gasteiger partial charge on any atom is -0.321 e. The number of amides is 2. The van der Waals surface area contributed by atoms with Gasteiger partial charge in [0.1, 0.15) is 5.71 Å². The molecule has 2 amide bonds. The van der Waals surface area contributed by atoms with Crippen LogP contribution < -0.4 is 10.7 Å². The van der Waals surface area contributed by atoms with E-state index in [-0.39, 0.29) is 18.2 Å². The molecule has 0 atom stereocenters. The van der Waals surface area contributed by atoms with Crippen molar-refractivity contribution in [3.8, 4) is 0 Å². The van der Waals surface area contributed by atoms with E-state index in [1.165, 1.54) is 0 Å². The first-order valence-corrected chi connectivity index (χ1v) is 6.35. The summed E-state index contributed by atoms with van der Waals surface area (Å²) in [6.07, 6.45) is 0.614. The van der Waals surface area contributed by atoms with E-state index in [4.69, 9.17) is 11.6 Å². The van der Waals surface area contributed by atoms with Crippen LogP contribution in [0, 0.1) is 0 Å². The molecule has 1 aliphatic heterocycles. The van der Waals surface area contributed by atoms with Crippen molar-refractivity contribution in [3.05, 3.63) is 27.7 Å². The number of anilines is 1. The number of halogens is 2. The van der Waals surface area contributed by atoms with Crippen LogP contribution in [-0.2, 0) is 9.59 Å². The minimum absolute atomic E-state index is 0.180. The van der Waals surface area contributed by atoms with Gasteiger partial charge in [0.2, 0.25) is 5.91 Å². The maximum atomic E-state index is 11.8. The Morgan fingerprint density at radius 1 is 1.44 bits per heavy atom. The fraction of sp³-hybridized carbons (Fsp3) is 0.182. The van der Waals surface area contributed by atoms with Gasteiger partial charge in [0, 0.05) is 23.0 Å². The molecular formula is C11H9BrClN3O2. The molecule has 1 aliphatic rings. The van der Waals surface area contributed by atoms with Crippen molar-refractivity contribution in [2.24, 2.45) is 5.10 Å². The first kappa shape index (κ1) is 13.0. The van der Waals surface area contributed by atoms with E-state index in [1.807, 2.05) is 0 Å². The zero-order chi connectivity index (χ0) is 13.1. The summed E-state index contributed by atoms with van der Waals surface area (Å²) in [6, 6.07) is 5.06.